The van der Waals surface area contributed by atoms with Gasteiger partial charge in [-0.2, -0.15) is 0 Å². The molecular weight excluding hydrogens is 273 g/mol. The summed E-state index contributed by atoms with van der Waals surface area (Å²) in [6.07, 6.45) is 5.16. The lowest BCUT2D eigenvalue weighted by Crippen LogP contribution is -2.06. The Morgan fingerprint density at radius 3 is 2.67 bits per heavy atom. The number of hydrogen-bond donors (Lipinski definition) is 1. The molecule has 3 nitrogen and oxygen atoms in total. The van der Waals surface area contributed by atoms with E-state index in [4.69, 9.17) is 27.5 Å². The summed E-state index contributed by atoms with van der Waals surface area (Å²) < 4.78 is 10.9. The van der Waals surface area contributed by atoms with E-state index in [1.807, 2.05) is 26.1 Å². The van der Waals surface area contributed by atoms with E-state index in [2.05, 4.69) is 11.2 Å². The highest BCUT2D eigenvalue weighted by atomic mass is 35.5. The highest BCUT2D eigenvalue weighted by Gasteiger charge is 2.11. The standard InChI is InChI=1S/C13H16ClNO2.ClH/c1-4-6-17-13-11(14)7-10(9-15-3)8-12(13)16-5-2;/h1,7-8,15H,5-6,9H2,2-3H3;1H. The van der Waals surface area contributed by atoms with Gasteiger partial charge in [-0.25, -0.2) is 0 Å². The molecule has 1 N–H and O–H groups in total. The minimum atomic E-state index is 0. The molecule has 0 aromatic heterocycles. The molecule has 5 heteroatoms. The molecule has 0 saturated heterocycles. The van der Waals surface area contributed by atoms with E-state index >= 15 is 0 Å². The van der Waals surface area contributed by atoms with E-state index in [0.717, 1.165) is 12.1 Å². The van der Waals surface area contributed by atoms with Crippen LogP contribution in [-0.4, -0.2) is 20.3 Å². The van der Waals surface area contributed by atoms with E-state index in [-0.39, 0.29) is 19.0 Å². The average molecular weight is 290 g/mol. The molecule has 0 aliphatic carbocycles. The fraction of sp³-hybridized carbons (Fsp3) is 0.385. The number of terminal acetylenes is 1. The summed E-state index contributed by atoms with van der Waals surface area (Å²) >= 11 is 6.14. The highest BCUT2D eigenvalue weighted by Crippen LogP contribution is 2.36. The minimum Gasteiger partial charge on any atom is -0.490 e. The molecule has 0 amide bonds. The second-order valence-electron chi connectivity index (χ2n) is 3.36. The molecule has 1 aromatic rings. The molecule has 0 aliphatic heterocycles. The summed E-state index contributed by atoms with van der Waals surface area (Å²) in [7, 11) is 1.87. The van der Waals surface area contributed by atoms with Gasteiger partial charge in [0.15, 0.2) is 11.5 Å². The molecule has 0 fully saturated rings. The Kier molecular flexibility index (Phi) is 8.40. The summed E-state index contributed by atoms with van der Waals surface area (Å²) in [5.74, 6) is 3.54. The van der Waals surface area contributed by atoms with Gasteiger partial charge in [0.2, 0.25) is 0 Å². The zero-order valence-corrected chi connectivity index (χ0v) is 12.0. The summed E-state index contributed by atoms with van der Waals surface area (Å²) in [5, 5.41) is 3.57. The van der Waals surface area contributed by atoms with Crippen molar-refractivity contribution in [3.8, 4) is 23.8 Å². The molecule has 0 atom stereocenters. The van der Waals surface area contributed by atoms with E-state index in [9.17, 15) is 0 Å². The summed E-state index contributed by atoms with van der Waals surface area (Å²) in [6.45, 7) is 3.34. The summed E-state index contributed by atoms with van der Waals surface area (Å²) in [4.78, 5) is 0. The Morgan fingerprint density at radius 1 is 1.39 bits per heavy atom. The van der Waals surface area contributed by atoms with Gasteiger partial charge >= 0.3 is 0 Å². The predicted molar refractivity (Wildman–Crippen MR) is 77.0 cm³/mol. The van der Waals surface area contributed by atoms with Crippen LogP contribution in [0.4, 0.5) is 0 Å². The van der Waals surface area contributed by atoms with Gasteiger partial charge in [-0.05, 0) is 31.7 Å². The van der Waals surface area contributed by atoms with Crippen LogP contribution < -0.4 is 14.8 Å². The Hall–Kier alpha value is -1.08. The molecule has 0 aliphatic rings. The number of rotatable bonds is 6. The molecule has 0 radical (unpaired) electrons. The third-order valence-corrected chi connectivity index (χ3v) is 2.33. The van der Waals surface area contributed by atoms with Crippen molar-refractivity contribution in [2.75, 3.05) is 20.3 Å². The van der Waals surface area contributed by atoms with Gasteiger partial charge in [-0.15, -0.1) is 18.8 Å². The Labute approximate surface area is 119 Å². The number of ether oxygens (including phenoxy) is 2. The summed E-state index contributed by atoms with van der Waals surface area (Å²) in [6, 6.07) is 3.74. The fourth-order valence-electron chi connectivity index (χ4n) is 1.44. The molecule has 0 saturated carbocycles. The highest BCUT2D eigenvalue weighted by molar-refractivity contribution is 6.32. The number of nitrogens with one attached hydrogen (secondary N) is 1. The van der Waals surface area contributed by atoms with Crippen molar-refractivity contribution in [3.63, 3.8) is 0 Å². The first-order chi connectivity index (χ1) is 8.22. The van der Waals surface area contributed by atoms with Crippen LogP contribution >= 0.6 is 24.0 Å². The van der Waals surface area contributed by atoms with Crippen LogP contribution in [0.2, 0.25) is 5.02 Å². The average Bonchev–Trinajstić information content (AvgIpc) is 2.29. The van der Waals surface area contributed by atoms with E-state index < -0.39 is 0 Å². The first-order valence-corrected chi connectivity index (χ1v) is 5.76. The van der Waals surface area contributed by atoms with Gasteiger partial charge in [-0.1, -0.05) is 17.5 Å². The molecular formula is C13H17Cl2NO2. The van der Waals surface area contributed by atoms with Crippen LogP contribution in [0.5, 0.6) is 11.5 Å². The SMILES string of the molecule is C#CCOc1c(Cl)cc(CNC)cc1OCC.Cl. The molecule has 1 rings (SSSR count). The van der Waals surface area contributed by atoms with Crippen molar-refractivity contribution in [1.29, 1.82) is 0 Å². The van der Waals surface area contributed by atoms with Crippen LogP contribution in [0.3, 0.4) is 0 Å². The lowest BCUT2D eigenvalue weighted by molar-refractivity contribution is 0.299. The smallest absolute Gasteiger partial charge is 0.181 e. The van der Waals surface area contributed by atoms with Crippen molar-refractivity contribution in [1.82, 2.24) is 5.32 Å². The fourth-order valence-corrected chi connectivity index (χ4v) is 1.73. The molecule has 0 heterocycles. The largest absolute Gasteiger partial charge is 0.490 e. The quantitative estimate of drug-likeness (QED) is 0.817. The van der Waals surface area contributed by atoms with Crippen LogP contribution in [0.15, 0.2) is 12.1 Å². The Bertz CT molecular complexity index is 416. The van der Waals surface area contributed by atoms with Gasteiger partial charge in [0.25, 0.3) is 0 Å². The molecule has 0 bridgehead atoms. The minimum absolute atomic E-state index is 0. The molecule has 1 aromatic carbocycles. The maximum absolute atomic E-state index is 6.14. The molecule has 0 spiro atoms. The Morgan fingerprint density at radius 2 is 2.11 bits per heavy atom. The van der Waals surface area contributed by atoms with Gasteiger partial charge in [-0.3, -0.25) is 0 Å². The lowest BCUT2D eigenvalue weighted by atomic mass is 10.2. The maximum Gasteiger partial charge on any atom is 0.181 e. The third kappa shape index (κ3) is 4.66. The molecule has 18 heavy (non-hydrogen) atoms. The van der Waals surface area contributed by atoms with E-state index in [1.165, 1.54) is 0 Å². The van der Waals surface area contributed by atoms with Crippen LogP contribution in [-0.2, 0) is 6.54 Å². The number of hydrogen-bond acceptors (Lipinski definition) is 3. The number of benzene rings is 1. The van der Waals surface area contributed by atoms with Crippen molar-refractivity contribution in [2.24, 2.45) is 0 Å². The third-order valence-electron chi connectivity index (χ3n) is 2.05. The monoisotopic (exact) mass is 289 g/mol. The summed E-state index contributed by atoms with van der Waals surface area (Å²) in [5.41, 5.74) is 1.04. The first-order valence-electron chi connectivity index (χ1n) is 5.39. The molecule has 0 unspecified atom stereocenters. The van der Waals surface area contributed by atoms with Crippen LogP contribution in [0.25, 0.3) is 0 Å². The van der Waals surface area contributed by atoms with Crippen molar-refractivity contribution in [2.45, 2.75) is 13.5 Å². The zero-order valence-electron chi connectivity index (χ0n) is 10.5. The second kappa shape index (κ2) is 8.93. The predicted octanol–water partition coefficient (Wildman–Crippen LogP) is 2.89. The second-order valence-corrected chi connectivity index (χ2v) is 3.77. The van der Waals surface area contributed by atoms with E-state index in [1.54, 1.807) is 0 Å². The van der Waals surface area contributed by atoms with E-state index in [0.29, 0.717) is 23.1 Å². The van der Waals surface area contributed by atoms with Gasteiger partial charge in [0.05, 0.1) is 11.6 Å². The maximum atomic E-state index is 6.14. The number of halogens is 2. The van der Waals surface area contributed by atoms with Gasteiger partial charge in [0.1, 0.15) is 6.61 Å². The van der Waals surface area contributed by atoms with Crippen molar-refractivity contribution < 1.29 is 9.47 Å². The molecule has 100 valence electrons. The van der Waals surface area contributed by atoms with Crippen molar-refractivity contribution >= 4 is 24.0 Å². The normalized spacial score (nSPS) is 9.22. The Balaban J connectivity index is 0.00000289. The van der Waals surface area contributed by atoms with Crippen LogP contribution in [0.1, 0.15) is 12.5 Å². The first kappa shape index (κ1) is 16.9. The zero-order chi connectivity index (χ0) is 12.7. The van der Waals surface area contributed by atoms with Crippen molar-refractivity contribution in [3.05, 3.63) is 22.7 Å². The topological polar surface area (TPSA) is 30.5 Å². The van der Waals surface area contributed by atoms with Gasteiger partial charge in [0, 0.05) is 6.54 Å². The van der Waals surface area contributed by atoms with Gasteiger partial charge < -0.3 is 14.8 Å². The van der Waals surface area contributed by atoms with Crippen LogP contribution in [0, 0.1) is 12.3 Å². The lowest BCUT2D eigenvalue weighted by Gasteiger charge is -2.13.